The number of carbonyl (C=O) groups excluding carboxylic acids is 1. The van der Waals surface area contributed by atoms with Gasteiger partial charge in [0.25, 0.3) is 5.91 Å². The number of fused-ring (bicyclic) bond motifs is 1. The zero-order chi connectivity index (χ0) is 18.3. The first-order valence-electron chi connectivity index (χ1n) is 7.91. The van der Waals surface area contributed by atoms with Crippen molar-refractivity contribution in [1.29, 1.82) is 0 Å². The van der Waals surface area contributed by atoms with Crippen LogP contribution < -0.4 is 5.32 Å². The Kier molecular flexibility index (Phi) is 4.05. The van der Waals surface area contributed by atoms with E-state index < -0.39 is 15.7 Å². The standard InChI is InChI=1S/C18H14ClN3O3S/c19-13-8-6-12(7-9-13)15-16(17(23)20-14-4-2-1-3-5-14)22-10-11-26(24,25)18(22)21-15/h1-9H,10-11H2,(H,20,23). The number of benzene rings is 2. The fourth-order valence-electron chi connectivity index (χ4n) is 2.93. The normalized spacial score (nSPS) is 14.8. The first-order valence-corrected chi connectivity index (χ1v) is 9.94. The summed E-state index contributed by atoms with van der Waals surface area (Å²) in [6.45, 7) is 0.204. The van der Waals surface area contributed by atoms with Gasteiger partial charge in [0, 0.05) is 22.8 Å². The van der Waals surface area contributed by atoms with Gasteiger partial charge in [-0.3, -0.25) is 4.79 Å². The van der Waals surface area contributed by atoms with E-state index in [4.69, 9.17) is 11.6 Å². The van der Waals surface area contributed by atoms with Gasteiger partial charge in [0.15, 0.2) is 0 Å². The number of para-hydroxylation sites is 1. The predicted molar refractivity (Wildman–Crippen MR) is 99.1 cm³/mol. The second-order valence-electron chi connectivity index (χ2n) is 5.89. The van der Waals surface area contributed by atoms with Crippen LogP contribution in [0, 0.1) is 0 Å². The van der Waals surface area contributed by atoms with E-state index >= 15 is 0 Å². The molecule has 1 N–H and O–H groups in total. The van der Waals surface area contributed by atoms with Gasteiger partial charge in [-0.2, -0.15) is 0 Å². The van der Waals surface area contributed by atoms with E-state index in [1.54, 1.807) is 48.5 Å². The number of carbonyl (C=O) groups is 1. The van der Waals surface area contributed by atoms with Crippen LogP contribution in [0.4, 0.5) is 5.69 Å². The lowest BCUT2D eigenvalue weighted by molar-refractivity contribution is 0.101. The lowest BCUT2D eigenvalue weighted by Crippen LogP contribution is -2.17. The van der Waals surface area contributed by atoms with Crippen LogP contribution in [0.1, 0.15) is 10.5 Å². The molecule has 0 radical (unpaired) electrons. The number of hydrogen-bond acceptors (Lipinski definition) is 4. The van der Waals surface area contributed by atoms with Crippen molar-refractivity contribution in [2.45, 2.75) is 11.7 Å². The molecule has 0 atom stereocenters. The molecule has 132 valence electrons. The Hall–Kier alpha value is -2.64. The van der Waals surface area contributed by atoms with Crippen molar-refractivity contribution in [1.82, 2.24) is 9.55 Å². The molecule has 0 aliphatic carbocycles. The lowest BCUT2D eigenvalue weighted by Gasteiger charge is -2.09. The molecule has 2 aromatic carbocycles. The third-order valence-corrected chi connectivity index (χ3v) is 6.00. The van der Waals surface area contributed by atoms with E-state index in [0.29, 0.717) is 22.0 Å². The van der Waals surface area contributed by atoms with Crippen LogP contribution in [0.25, 0.3) is 11.3 Å². The van der Waals surface area contributed by atoms with Crippen molar-refractivity contribution in [2.24, 2.45) is 0 Å². The molecule has 6 nitrogen and oxygen atoms in total. The van der Waals surface area contributed by atoms with Crippen molar-refractivity contribution in [3.8, 4) is 11.3 Å². The second-order valence-corrected chi connectivity index (χ2v) is 8.33. The van der Waals surface area contributed by atoms with E-state index in [1.165, 1.54) is 4.57 Å². The number of rotatable bonds is 3. The van der Waals surface area contributed by atoms with E-state index in [2.05, 4.69) is 10.3 Å². The van der Waals surface area contributed by atoms with E-state index in [0.717, 1.165) is 0 Å². The molecule has 1 aromatic heterocycles. The summed E-state index contributed by atoms with van der Waals surface area (Å²) in [5, 5.41) is 3.28. The minimum absolute atomic E-state index is 0.0537. The fourth-order valence-corrected chi connectivity index (χ4v) is 4.41. The maximum absolute atomic E-state index is 12.9. The number of hydrogen-bond donors (Lipinski definition) is 1. The van der Waals surface area contributed by atoms with Crippen molar-refractivity contribution < 1.29 is 13.2 Å². The molecule has 0 fully saturated rings. The average molecular weight is 388 g/mol. The van der Waals surface area contributed by atoms with Crippen LogP contribution in [0.15, 0.2) is 59.8 Å². The topological polar surface area (TPSA) is 81.1 Å². The van der Waals surface area contributed by atoms with Crippen LogP contribution in [-0.4, -0.2) is 29.6 Å². The molecule has 8 heteroatoms. The summed E-state index contributed by atoms with van der Waals surface area (Å²) < 4.78 is 26.0. The molecule has 0 spiro atoms. The molecule has 3 aromatic rings. The Morgan fingerprint density at radius 3 is 2.46 bits per heavy atom. The van der Waals surface area contributed by atoms with Gasteiger partial charge in [0.05, 0.1) is 5.75 Å². The number of anilines is 1. The molecular formula is C18H14ClN3O3S. The predicted octanol–water partition coefficient (Wildman–Crippen LogP) is 3.24. The molecule has 1 aliphatic heterocycles. The molecule has 1 aliphatic rings. The molecule has 0 unspecified atom stereocenters. The summed E-state index contributed by atoms with van der Waals surface area (Å²) >= 11 is 5.93. The first-order chi connectivity index (χ1) is 12.5. The minimum atomic E-state index is -3.48. The van der Waals surface area contributed by atoms with Crippen molar-refractivity contribution in [3.63, 3.8) is 0 Å². The largest absolute Gasteiger partial charge is 0.321 e. The van der Waals surface area contributed by atoms with Crippen molar-refractivity contribution in [2.75, 3.05) is 11.1 Å². The van der Waals surface area contributed by atoms with Crippen molar-refractivity contribution in [3.05, 3.63) is 65.3 Å². The summed E-state index contributed by atoms with van der Waals surface area (Å²) in [4.78, 5) is 17.2. The van der Waals surface area contributed by atoms with E-state index in [1.807, 2.05) is 6.07 Å². The maximum Gasteiger partial charge on any atom is 0.274 e. The second kappa shape index (κ2) is 6.26. The van der Waals surface area contributed by atoms with Gasteiger partial charge in [-0.1, -0.05) is 41.9 Å². The smallest absolute Gasteiger partial charge is 0.274 e. The van der Waals surface area contributed by atoms with Gasteiger partial charge < -0.3 is 9.88 Å². The minimum Gasteiger partial charge on any atom is -0.321 e. The summed E-state index contributed by atoms with van der Waals surface area (Å²) in [6.07, 6.45) is 0. The summed E-state index contributed by atoms with van der Waals surface area (Å²) in [6, 6.07) is 15.8. The molecule has 0 saturated heterocycles. The number of nitrogens with zero attached hydrogens (tertiary/aromatic N) is 2. The van der Waals surface area contributed by atoms with Crippen LogP contribution in [0.5, 0.6) is 0 Å². The quantitative estimate of drug-likeness (QED) is 0.748. The Labute approximate surface area is 155 Å². The maximum atomic E-state index is 12.9. The van der Waals surface area contributed by atoms with E-state index in [-0.39, 0.29) is 23.1 Å². The third kappa shape index (κ3) is 2.89. The van der Waals surface area contributed by atoms with Gasteiger partial charge >= 0.3 is 0 Å². The van der Waals surface area contributed by atoms with Gasteiger partial charge in [0.2, 0.25) is 15.0 Å². The van der Waals surface area contributed by atoms with Gasteiger partial charge in [-0.05, 0) is 24.3 Å². The summed E-state index contributed by atoms with van der Waals surface area (Å²) in [5.74, 6) is -0.459. The zero-order valence-electron chi connectivity index (χ0n) is 13.5. The molecular weight excluding hydrogens is 374 g/mol. The highest BCUT2D eigenvalue weighted by atomic mass is 35.5. The van der Waals surface area contributed by atoms with E-state index in [9.17, 15) is 13.2 Å². The number of sulfone groups is 1. The summed E-state index contributed by atoms with van der Waals surface area (Å²) in [7, 11) is -3.48. The molecule has 1 amide bonds. The number of imidazole rings is 1. The average Bonchev–Trinajstić information content (AvgIpc) is 3.14. The molecule has 4 rings (SSSR count). The number of halogens is 1. The van der Waals surface area contributed by atoms with Gasteiger partial charge in [-0.25, -0.2) is 13.4 Å². The lowest BCUT2D eigenvalue weighted by atomic mass is 10.1. The number of aromatic nitrogens is 2. The number of nitrogens with one attached hydrogen (secondary N) is 1. The Morgan fingerprint density at radius 1 is 1.08 bits per heavy atom. The number of amides is 1. The highest BCUT2D eigenvalue weighted by Gasteiger charge is 2.35. The highest BCUT2D eigenvalue weighted by Crippen LogP contribution is 2.31. The molecule has 0 saturated carbocycles. The monoisotopic (exact) mass is 387 g/mol. The molecule has 26 heavy (non-hydrogen) atoms. The Morgan fingerprint density at radius 2 is 1.77 bits per heavy atom. The zero-order valence-corrected chi connectivity index (χ0v) is 15.1. The molecule has 2 heterocycles. The van der Waals surface area contributed by atoms with Crippen LogP contribution >= 0.6 is 11.6 Å². The van der Waals surface area contributed by atoms with Crippen LogP contribution in [-0.2, 0) is 16.4 Å². The van der Waals surface area contributed by atoms with Gasteiger partial charge in [-0.15, -0.1) is 0 Å². The Bertz CT molecular complexity index is 1090. The summed E-state index contributed by atoms with van der Waals surface area (Å²) in [5.41, 5.74) is 1.81. The van der Waals surface area contributed by atoms with Crippen molar-refractivity contribution >= 4 is 33.0 Å². The SMILES string of the molecule is O=C(Nc1ccccc1)c1c(-c2ccc(Cl)cc2)nc2n1CCS2(=O)=O. The molecule has 0 bridgehead atoms. The fraction of sp³-hybridized carbons (Fsp3) is 0.111. The van der Waals surface area contributed by atoms with Crippen LogP contribution in [0.2, 0.25) is 5.02 Å². The van der Waals surface area contributed by atoms with Gasteiger partial charge in [0.1, 0.15) is 11.4 Å². The highest BCUT2D eigenvalue weighted by molar-refractivity contribution is 7.91. The Balaban J connectivity index is 1.84. The third-order valence-electron chi connectivity index (χ3n) is 4.16. The first kappa shape index (κ1) is 16.8. The van der Waals surface area contributed by atoms with Crippen LogP contribution in [0.3, 0.4) is 0 Å².